The molecule has 3 rings (SSSR count). The van der Waals surface area contributed by atoms with Gasteiger partial charge in [-0.1, -0.05) is 72.8 Å². The minimum absolute atomic E-state index is 0.543. The van der Waals surface area contributed by atoms with Crippen LogP contribution in [0.25, 0.3) is 0 Å². The maximum Gasteiger partial charge on any atom is 0.119 e. The highest BCUT2D eigenvalue weighted by atomic mass is 16.5. The van der Waals surface area contributed by atoms with Crippen molar-refractivity contribution in [3.05, 3.63) is 102 Å². The standard InChI is InChI=1S/C20H18O2/c21-20(17-9-5-2-6-10-17)18-11-13-19(14-12-18)22-15-16-7-3-1-4-8-16/h1-14,20-21H,15H2. The van der Waals surface area contributed by atoms with Gasteiger partial charge in [0.1, 0.15) is 18.5 Å². The second kappa shape index (κ2) is 6.92. The summed E-state index contributed by atoms with van der Waals surface area (Å²) < 4.78 is 5.75. The summed E-state index contributed by atoms with van der Waals surface area (Å²) >= 11 is 0. The molecule has 0 aliphatic heterocycles. The van der Waals surface area contributed by atoms with Crippen molar-refractivity contribution in [1.29, 1.82) is 0 Å². The molecule has 22 heavy (non-hydrogen) atoms. The first-order valence-corrected chi connectivity index (χ1v) is 7.32. The highest BCUT2D eigenvalue weighted by Gasteiger charge is 2.09. The van der Waals surface area contributed by atoms with E-state index in [1.54, 1.807) is 0 Å². The summed E-state index contributed by atoms with van der Waals surface area (Å²) in [5.41, 5.74) is 2.88. The Morgan fingerprint density at radius 2 is 1.23 bits per heavy atom. The molecule has 1 atom stereocenters. The SMILES string of the molecule is OC(c1ccccc1)c1ccc(OCc2ccccc2)cc1. The van der Waals surface area contributed by atoms with Crippen molar-refractivity contribution in [2.75, 3.05) is 0 Å². The molecule has 2 heteroatoms. The molecule has 3 aromatic carbocycles. The van der Waals surface area contributed by atoms with Crippen molar-refractivity contribution in [3.8, 4) is 5.75 Å². The van der Waals surface area contributed by atoms with E-state index in [0.717, 1.165) is 22.4 Å². The molecule has 0 aliphatic carbocycles. The van der Waals surface area contributed by atoms with Gasteiger partial charge in [0, 0.05) is 0 Å². The largest absolute Gasteiger partial charge is 0.489 e. The number of hydrogen-bond acceptors (Lipinski definition) is 2. The lowest BCUT2D eigenvalue weighted by atomic mass is 10.0. The van der Waals surface area contributed by atoms with E-state index in [9.17, 15) is 5.11 Å². The monoisotopic (exact) mass is 290 g/mol. The van der Waals surface area contributed by atoms with Crippen LogP contribution in [0.5, 0.6) is 5.75 Å². The molecule has 110 valence electrons. The van der Waals surface area contributed by atoms with Crippen molar-refractivity contribution in [3.63, 3.8) is 0 Å². The number of aliphatic hydroxyl groups is 1. The molecule has 0 saturated heterocycles. The van der Waals surface area contributed by atoms with Gasteiger partial charge in [0.05, 0.1) is 0 Å². The van der Waals surface area contributed by atoms with Gasteiger partial charge >= 0.3 is 0 Å². The Morgan fingerprint density at radius 1 is 0.682 bits per heavy atom. The van der Waals surface area contributed by atoms with E-state index in [4.69, 9.17) is 4.74 Å². The summed E-state index contributed by atoms with van der Waals surface area (Å²) in [5, 5.41) is 10.3. The third-order valence-electron chi connectivity index (χ3n) is 3.56. The van der Waals surface area contributed by atoms with Crippen LogP contribution < -0.4 is 4.74 Å². The summed E-state index contributed by atoms with van der Waals surface area (Å²) in [4.78, 5) is 0. The van der Waals surface area contributed by atoms with E-state index in [-0.39, 0.29) is 0 Å². The Bertz CT molecular complexity index is 691. The van der Waals surface area contributed by atoms with Gasteiger partial charge < -0.3 is 9.84 Å². The van der Waals surface area contributed by atoms with Crippen LogP contribution in [0.4, 0.5) is 0 Å². The quantitative estimate of drug-likeness (QED) is 0.757. The van der Waals surface area contributed by atoms with Crippen LogP contribution in [0, 0.1) is 0 Å². The molecule has 0 radical (unpaired) electrons. The lowest BCUT2D eigenvalue weighted by Crippen LogP contribution is -2.00. The van der Waals surface area contributed by atoms with Crippen molar-refractivity contribution >= 4 is 0 Å². The molecule has 1 unspecified atom stereocenters. The average Bonchev–Trinajstić information content (AvgIpc) is 2.61. The lowest BCUT2D eigenvalue weighted by molar-refractivity contribution is 0.220. The molecule has 0 saturated carbocycles. The van der Waals surface area contributed by atoms with E-state index in [2.05, 4.69) is 0 Å². The van der Waals surface area contributed by atoms with Gasteiger partial charge in [0.2, 0.25) is 0 Å². The summed E-state index contributed by atoms with van der Waals surface area (Å²) in [6, 6.07) is 27.3. The van der Waals surface area contributed by atoms with Gasteiger partial charge in [-0.05, 0) is 28.8 Å². The molecule has 0 aromatic heterocycles. The summed E-state index contributed by atoms with van der Waals surface area (Å²) in [6.45, 7) is 0.543. The number of benzene rings is 3. The summed E-state index contributed by atoms with van der Waals surface area (Å²) in [6.07, 6.45) is -0.607. The zero-order valence-corrected chi connectivity index (χ0v) is 12.2. The fourth-order valence-electron chi connectivity index (χ4n) is 2.32. The van der Waals surface area contributed by atoms with Gasteiger partial charge in [-0.2, -0.15) is 0 Å². The van der Waals surface area contributed by atoms with Gasteiger partial charge in [-0.3, -0.25) is 0 Å². The average molecular weight is 290 g/mol. The molecule has 0 spiro atoms. The lowest BCUT2D eigenvalue weighted by Gasteiger charge is -2.12. The second-order valence-corrected chi connectivity index (χ2v) is 5.16. The summed E-state index contributed by atoms with van der Waals surface area (Å²) in [7, 11) is 0. The highest BCUT2D eigenvalue weighted by molar-refractivity contribution is 5.34. The van der Waals surface area contributed by atoms with Crippen molar-refractivity contribution in [2.24, 2.45) is 0 Å². The highest BCUT2D eigenvalue weighted by Crippen LogP contribution is 2.24. The Morgan fingerprint density at radius 3 is 1.86 bits per heavy atom. The van der Waals surface area contributed by atoms with Crippen molar-refractivity contribution < 1.29 is 9.84 Å². The summed E-state index contributed by atoms with van der Waals surface area (Å²) in [5.74, 6) is 0.799. The van der Waals surface area contributed by atoms with Crippen LogP contribution in [-0.2, 0) is 6.61 Å². The van der Waals surface area contributed by atoms with Crippen LogP contribution in [0.3, 0.4) is 0 Å². The molecule has 0 amide bonds. The molecule has 3 aromatic rings. The predicted octanol–water partition coefficient (Wildman–Crippen LogP) is 4.35. The van der Waals surface area contributed by atoms with Crippen LogP contribution in [0.2, 0.25) is 0 Å². The predicted molar refractivity (Wildman–Crippen MR) is 87.7 cm³/mol. The van der Waals surface area contributed by atoms with Gasteiger partial charge in [-0.15, -0.1) is 0 Å². The second-order valence-electron chi connectivity index (χ2n) is 5.16. The molecule has 2 nitrogen and oxygen atoms in total. The first kappa shape index (κ1) is 14.4. The number of ether oxygens (including phenoxy) is 1. The number of aliphatic hydroxyl groups excluding tert-OH is 1. The van der Waals surface area contributed by atoms with Crippen molar-refractivity contribution in [1.82, 2.24) is 0 Å². The fourth-order valence-corrected chi connectivity index (χ4v) is 2.32. The zero-order chi connectivity index (χ0) is 15.2. The molecule has 0 fully saturated rings. The third-order valence-corrected chi connectivity index (χ3v) is 3.56. The maximum atomic E-state index is 10.3. The molecule has 0 bridgehead atoms. The molecule has 0 aliphatic rings. The molecule has 0 heterocycles. The minimum Gasteiger partial charge on any atom is -0.489 e. The Labute approximate surface area is 130 Å². The van der Waals surface area contributed by atoms with E-state index in [0.29, 0.717) is 6.61 Å². The number of rotatable bonds is 5. The number of hydrogen-bond donors (Lipinski definition) is 1. The minimum atomic E-state index is -0.607. The molecule has 1 N–H and O–H groups in total. The smallest absolute Gasteiger partial charge is 0.119 e. The van der Waals surface area contributed by atoms with E-state index in [1.165, 1.54) is 0 Å². The van der Waals surface area contributed by atoms with Gasteiger partial charge in [0.15, 0.2) is 0 Å². The Kier molecular flexibility index (Phi) is 4.52. The van der Waals surface area contributed by atoms with E-state index >= 15 is 0 Å². The first-order chi connectivity index (χ1) is 10.8. The van der Waals surface area contributed by atoms with Gasteiger partial charge in [-0.25, -0.2) is 0 Å². The fraction of sp³-hybridized carbons (Fsp3) is 0.100. The first-order valence-electron chi connectivity index (χ1n) is 7.32. The zero-order valence-electron chi connectivity index (χ0n) is 12.2. The van der Waals surface area contributed by atoms with Gasteiger partial charge in [0.25, 0.3) is 0 Å². The van der Waals surface area contributed by atoms with Crippen molar-refractivity contribution in [2.45, 2.75) is 12.7 Å². The Balaban J connectivity index is 1.65. The third kappa shape index (κ3) is 3.54. The van der Waals surface area contributed by atoms with Crippen LogP contribution >= 0.6 is 0 Å². The van der Waals surface area contributed by atoms with E-state index in [1.807, 2.05) is 84.9 Å². The molecular weight excluding hydrogens is 272 g/mol. The van der Waals surface area contributed by atoms with Crippen LogP contribution in [-0.4, -0.2) is 5.11 Å². The Hall–Kier alpha value is -2.58. The molecular formula is C20H18O2. The normalized spacial score (nSPS) is 11.9. The van der Waals surface area contributed by atoms with Crippen LogP contribution in [0.1, 0.15) is 22.8 Å². The van der Waals surface area contributed by atoms with Crippen LogP contribution in [0.15, 0.2) is 84.9 Å². The van der Waals surface area contributed by atoms with E-state index < -0.39 is 6.10 Å². The topological polar surface area (TPSA) is 29.5 Å². The maximum absolute atomic E-state index is 10.3.